The van der Waals surface area contributed by atoms with Crippen molar-refractivity contribution >= 4 is 23.6 Å². The molecule has 1 aliphatic rings. The molecular weight excluding hydrogens is 374 g/mol. The molecule has 2 atom stereocenters. The van der Waals surface area contributed by atoms with Crippen molar-refractivity contribution in [3.05, 3.63) is 75.8 Å². The molecule has 2 aromatic carbocycles. The lowest BCUT2D eigenvalue weighted by Gasteiger charge is -2.27. The molecule has 0 spiro atoms. The minimum absolute atomic E-state index is 0.311. The predicted octanol–water partition coefficient (Wildman–Crippen LogP) is 4.10. The van der Waals surface area contributed by atoms with Crippen LogP contribution >= 0.6 is 11.6 Å². The van der Waals surface area contributed by atoms with Gasteiger partial charge in [0.1, 0.15) is 0 Å². The molecule has 0 aromatic heterocycles. The van der Waals surface area contributed by atoms with Crippen LogP contribution < -0.4 is 5.32 Å². The lowest BCUT2D eigenvalue weighted by atomic mass is 9.87. The minimum atomic E-state index is -0.584. The van der Waals surface area contributed by atoms with Gasteiger partial charge in [-0.3, -0.25) is 0 Å². The largest absolute Gasteiger partial charge is 0.463 e. The Morgan fingerprint density at radius 2 is 2.18 bits per heavy atom. The van der Waals surface area contributed by atoms with Gasteiger partial charge in [0, 0.05) is 23.7 Å². The number of ether oxygens (including phenoxy) is 1. The zero-order valence-electron chi connectivity index (χ0n) is 16.0. The maximum Gasteiger partial charge on any atom is 0.330 e. The summed E-state index contributed by atoms with van der Waals surface area (Å²) in [5.74, 6) is -0.324. The molecule has 0 heterocycles. The highest BCUT2D eigenvalue weighted by Crippen LogP contribution is 2.24. The maximum atomic E-state index is 11.5. The van der Waals surface area contributed by atoms with E-state index >= 15 is 0 Å². The molecule has 0 saturated carbocycles. The van der Waals surface area contributed by atoms with Gasteiger partial charge in [-0.1, -0.05) is 41.9 Å². The average Bonchev–Trinajstić information content (AvgIpc) is 2.70. The van der Waals surface area contributed by atoms with Gasteiger partial charge in [0.2, 0.25) is 0 Å². The Hall–Kier alpha value is -2.14. The number of aliphatic hydroxyl groups excluding tert-OH is 1. The molecule has 0 fully saturated rings. The number of halogens is 1. The highest BCUT2D eigenvalue weighted by Gasteiger charge is 2.19. The van der Waals surface area contributed by atoms with Crippen LogP contribution in [0.3, 0.4) is 0 Å². The van der Waals surface area contributed by atoms with Gasteiger partial charge in [0.25, 0.3) is 0 Å². The number of nitrogens with one attached hydrogen (secondary N) is 1. The topological polar surface area (TPSA) is 58.6 Å². The number of rotatable bonds is 7. The van der Waals surface area contributed by atoms with Crippen LogP contribution in [0.2, 0.25) is 5.02 Å². The van der Waals surface area contributed by atoms with Crippen LogP contribution in [0.5, 0.6) is 0 Å². The van der Waals surface area contributed by atoms with Crippen LogP contribution in [0.25, 0.3) is 6.08 Å². The van der Waals surface area contributed by atoms with Crippen LogP contribution in [0, 0.1) is 0 Å². The third-order valence-corrected chi connectivity index (χ3v) is 5.23. The van der Waals surface area contributed by atoms with Crippen LogP contribution in [0.1, 0.15) is 41.7 Å². The number of aliphatic hydroxyl groups is 1. The zero-order chi connectivity index (χ0) is 19.9. The quantitative estimate of drug-likeness (QED) is 0.543. The van der Waals surface area contributed by atoms with Crippen molar-refractivity contribution in [3.63, 3.8) is 0 Å². The molecule has 2 aromatic rings. The number of hydrogen-bond acceptors (Lipinski definition) is 4. The van der Waals surface area contributed by atoms with E-state index in [1.165, 1.54) is 17.2 Å². The third-order valence-electron chi connectivity index (χ3n) is 4.99. The first kappa shape index (κ1) is 20.6. The number of benzene rings is 2. The molecule has 148 valence electrons. The highest BCUT2D eigenvalue weighted by atomic mass is 35.5. The van der Waals surface area contributed by atoms with Gasteiger partial charge in [-0.15, -0.1) is 0 Å². The number of hydrogen-bond donors (Lipinski definition) is 2. The fourth-order valence-electron chi connectivity index (χ4n) is 3.52. The second-order valence-electron chi connectivity index (χ2n) is 7.03. The lowest BCUT2D eigenvalue weighted by molar-refractivity contribution is -0.137. The van der Waals surface area contributed by atoms with Crippen LogP contribution in [0.15, 0.2) is 48.5 Å². The minimum Gasteiger partial charge on any atom is -0.463 e. The number of carbonyl (C=O) groups excluding carboxylic acids is 1. The fourth-order valence-corrected chi connectivity index (χ4v) is 3.72. The van der Waals surface area contributed by atoms with Gasteiger partial charge in [-0.2, -0.15) is 0 Å². The Labute approximate surface area is 171 Å². The first-order valence-corrected chi connectivity index (χ1v) is 10.1. The second kappa shape index (κ2) is 9.87. The van der Waals surface area contributed by atoms with Gasteiger partial charge < -0.3 is 15.2 Å². The monoisotopic (exact) mass is 399 g/mol. The van der Waals surface area contributed by atoms with E-state index in [-0.39, 0.29) is 5.97 Å². The Balaban J connectivity index is 1.58. The van der Waals surface area contributed by atoms with Gasteiger partial charge in [-0.05, 0) is 66.6 Å². The molecular formula is C23H26ClNO3. The van der Waals surface area contributed by atoms with Crippen molar-refractivity contribution in [1.82, 2.24) is 5.32 Å². The summed E-state index contributed by atoms with van der Waals surface area (Å²) in [7, 11) is 0. The number of fused-ring (bicyclic) bond motifs is 1. The van der Waals surface area contributed by atoms with Crippen LogP contribution in [-0.4, -0.2) is 30.3 Å². The van der Waals surface area contributed by atoms with Crippen molar-refractivity contribution in [1.29, 1.82) is 0 Å². The van der Waals surface area contributed by atoms with Crippen molar-refractivity contribution in [3.8, 4) is 0 Å². The van der Waals surface area contributed by atoms with Gasteiger partial charge >= 0.3 is 5.97 Å². The summed E-state index contributed by atoms with van der Waals surface area (Å²) >= 11 is 6.01. The van der Waals surface area contributed by atoms with E-state index in [2.05, 4.69) is 17.4 Å². The smallest absolute Gasteiger partial charge is 0.330 e. The first-order chi connectivity index (χ1) is 13.5. The zero-order valence-corrected chi connectivity index (χ0v) is 16.8. The summed E-state index contributed by atoms with van der Waals surface area (Å²) in [6, 6.07) is 13.9. The molecule has 0 amide bonds. The predicted molar refractivity (Wildman–Crippen MR) is 112 cm³/mol. The molecule has 0 unspecified atom stereocenters. The molecule has 1 aliphatic carbocycles. The summed E-state index contributed by atoms with van der Waals surface area (Å²) < 4.78 is 4.92. The van der Waals surface area contributed by atoms with Crippen molar-refractivity contribution in [2.24, 2.45) is 0 Å². The van der Waals surface area contributed by atoms with E-state index in [0.717, 1.165) is 30.4 Å². The van der Waals surface area contributed by atoms with Crippen molar-refractivity contribution in [2.75, 3.05) is 13.2 Å². The van der Waals surface area contributed by atoms with Crippen LogP contribution in [0.4, 0.5) is 0 Å². The van der Waals surface area contributed by atoms with Gasteiger partial charge in [0.15, 0.2) is 0 Å². The number of carbonyl (C=O) groups is 1. The van der Waals surface area contributed by atoms with E-state index in [9.17, 15) is 9.90 Å². The van der Waals surface area contributed by atoms with Gasteiger partial charge in [0.05, 0.1) is 12.7 Å². The Kier molecular flexibility index (Phi) is 7.26. The molecule has 0 bridgehead atoms. The lowest BCUT2D eigenvalue weighted by Crippen LogP contribution is -2.37. The summed E-state index contributed by atoms with van der Waals surface area (Å²) in [6.07, 6.45) is 5.61. The van der Waals surface area contributed by atoms with Crippen molar-refractivity contribution < 1.29 is 14.6 Å². The normalized spacial score (nSPS) is 17.3. The molecule has 2 N–H and O–H groups in total. The maximum absolute atomic E-state index is 11.5. The van der Waals surface area contributed by atoms with E-state index in [4.69, 9.17) is 16.3 Å². The molecule has 5 heteroatoms. The molecule has 4 nitrogen and oxygen atoms in total. The summed E-state index contributed by atoms with van der Waals surface area (Å²) in [5, 5.41) is 14.5. The molecule has 28 heavy (non-hydrogen) atoms. The van der Waals surface area contributed by atoms with E-state index in [0.29, 0.717) is 24.2 Å². The number of aryl methyl sites for hydroxylation is 1. The van der Waals surface area contributed by atoms with E-state index in [1.54, 1.807) is 25.1 Å². The third kappa shape index (κ3) is 5.68. The molecule has 0 radical (unpaired) electrons. The second-order valence-corrected chi connectivity index (χ2v) is 7.47. The Morgan fingerprint density at radius 1 is 1.32 bits per heavy atom. The summed E-state index contributed by atoms with van der Waals surface area (Å²) in [5.41, 5.74) is 4.45. The highest BCUT2D eigenvalue weighted by molar-refractivity contribution is 6.30. The first-order valence-electron chi connectivity index (χ1n) is 9.68. The Morgan fingerprint density at radius 3 is 2.96 bits per heavy atom. The van der Waals surface area contributed by atoms with Crippen molar-refractivity contribution in [2.45, 2.75) is 38.3 Å². The van der Waals surface area contributed by atoms with E-state index < -0.39 is 6.10 Å². The van der Waals surface area contributed by atoms with Gasteiger partial charge in [-0.25, -0.2) is 4.79 Å². The standard InChI is InChI=1S/C23H26ClNO3/c1-2-28-23(27)11-7-16-6-8-17-9-10-21(14-19(17)12-16)25-15-22(26)18-4-3-5-20(24)13-18/h3-8,11-13,21-22,25-26H,2,9-10,14-15H2,1H3/t21-,22+/m1/s1. The SMILES string of the molecule is CCOC(=O)C=Cc1ccc2c(c1)C[C@H](NC[C@H](O)c1cccc(Cl)c1)CC2. The molecule has 0 aliphatic heterocycles. The fraction of sp³-hybridized carbons (Fsp3) is 0.348. The van der Waals surface area contributed by atoms with E-state index in [1.807, 2.05) is 18.2 Å². The number of esters is 1. The average molecular weight is 400 g/mol. The summed E-state index contributed by atoms with van der Waals surface area (Å²) in [4.78, 5) is 11.5. The molecule has 0 saturated heterocycles. The molecule has 3 rings (SSSR count). The van der Waals surface area contributed by atoms with Crippen LogP contribution in [-0.2, 0) is 22.4 Å². The summed E-state index contributed by atoms with van der Waals surface area (Å²) in [6.45, 7) is 2.66. The Bertz CT molecular complexity index is 849.